The number of non-ortho nitro benzene ring substituents is 1. The Balaban J connectivity index is 0.000000388. The van der Waals surface area contributed by atoms with Gasteiger partial charge in [0, 0.05) is 45.4 Å². The summed E-state index contributed by atoms with van der Waals surface area (Å²) in [5.74, 6) is -0.00700. The SMILES string of the molecule is CC(C)CN(C[C@@H](O)[C@@H](C)Cc1ccccc1)S(=O)(=O)c1ccc(N)cc1.CC(C)CN(C[C@@H](O)[C@@H](C)Cc1ccccc1)S(=O)(=O)c1ccc([N+](=O)[O-])cc1.[HH]. The highest BCUT2D eigenvalue weighted by Crippen LogP contribution is 2.24. The molecule has 0 aliphatic heterocycles. The number of anilines is 1. The number of aliphatic hydroxyl groups is 2. The average molecular weight is 813 g/mol. The van der Waals surface area contributed by atoms with Gasteiger partial charge in [-0.05, 0) is 84.0 Å². The van der Waals surface area contributed by atoms with Crippen molar-refractivity contribution in [3.63, 3.8) is 0 Å². The van der Waals surface area contributed by atoms with Crippen molar-refractivity contribution < 1.29 is 33.4 Å². The van der Waals surface area contributed by atoms with E-state index in [-0.39, 0.29) is 60.2 Å². The van der Waals surface area contributed by atoms with Crippen molar-refractivity contribution in [3.05, 3.63) is 130 Å². The molecule has 4 N–H and O–H groups in total. The molecule has 0 spiro atoms. The van der Waals surface area contributed by atoms with Gasteiger partial charge >= 0.3 is 0 Å². The predicted molar refractivity (Wildman–Crippen MR) is 224 cm³/mol. The van der Waals surface area contributed by atoms with Crippen LogP contribution in [-0.4, -0.2) is 79.0 Å². The van der Waals surface area contributed by atoms with E-state index in [2.05, 4.69) is 0 Å². The molecule has 0 aromatic heterocycles. The number of nitro groups is 1. The van der Waals surface area contributed by atoms with Gasteiger partial charge in [0.2, 0.25) is 20.0 Å². The molecule has 0 fully saturated rings. The number of nitrogen functional groups attached to an aromatic ring is 1. The lowest BCUT2D eigenvalue weighted by Crippen LogP contribution is -2.42. The van der Waals surface area contributed by atoms with E-state index >= 15 is 0 Å². The van der Waals surface area contributed by atoms with Crippen molar-refractivity contribution >= 4 is 31.4 Å². The van der Waals surface area contributed by atoms with E-state index in [0.717, 1.165) is 11.1 Å². The van der Waals surface area contributed by atoms with Crippen LogP contribution in [0.1, 0.15) is 54.1 Å². The second-order valence-corrected chi connectivity index (χ2v) is 19.1. The average Bonchev–Trinajstić information content (AvgIpc) is 3.15. The van der Waals surface area contributed by atoms with Crippen LogP contribution in [0.5, 0.6) is 0 Å². The maximum absolute atomic E-state index is 13.1. The number of sulfonamides is 2. The molecule has 4 rings (SSSR count). The van der Waals surface area contributed by atoms with Crippen molar-refractivity contribution in [2.45, 2.75) is 76.4 Å². The zero-order chi connectivity index (χ0) is 41.6. The lowest BCUT2D eigenvalue weighted by Gasteiger charge is -2.29. The highest BCUT2D eigenvalue weighted by atomic mass is 32.2. The Morgan fingerprint density at radius 1 is 0.589 bits per heavy atom. The van der Waals surface area contributed by atoms with Gasteiger partial charge in [-0.3, -0.25) is 10.1 Å². The molecular weight excluding hydrogens is 753 g/mol. The maximum atomic E-state index is 13.1. The fraction of sp³-hybridized carbons (Fsp3) is 0.429. The molecule has 4 atom stereocenters. The predicted octanol–water partition coefficient (Wildman–Crippen LogP) is 6.88. The summed E-state index contributed by atoms with van der Waals surface area (Å²) in [5, 5.41) is 32.2. The molecule has 308 valence electrons. The van der Waals surface area contributed by atoms with E-state index in [4.69, 9.17) is 5.73 Å². The van der Waals surface area contributed by atoms with E-state index in [1.165, 1.54) is 45.0 Å². The van der Waals surface area contributed by atoms with Gasteiger partial charge in [-0.2, -0.15) is 8.61 Å². The summed E-state index contributed by atoms with van der Waals surface area (Å²) in [6.07, 6.45) is -0.275. The molecule has 56 heavy (non-hydrogen) atoms. The topological polar surface area (TPSA) is 184 Å². The smallest absolute Gasteiger partial charge is 0.269 e. The zero-order valence-corrected chi connectivity index (χ0v) is 34.8. The van der Waals surface area contributed by atoms with Crippen LogP contribution < -0.4 is 5.73 Å². The fourth-order valence-electron chi connectivity index (χ4n) is 6.05. The quantitative estimate of drug-likeness (QED) is 0.0516. The van der Waals surface area contributed by atoms with Crippen LogP contribution in [-0.2, 0) is 32.9 Å². The molecule has 0 saturated carbocycles. The molecule has 12 nitrogen and oxygen atoms in total. The lowest BCUT2D eigenvalue weighted by molar-refractivity contribution is -0.384. The van der Waals surface area contributed by atoms with E-state index in [1.807, 2.05) is 102 Å². The molecular formula is C42H60N4O8S2. The number of nitrogens with two attached hydrogens (primary N) is 1. The lowest BCUT2D eigenvalue weighted by atomic mass is 9.96. The first-order valence-corrected chi connectivity index (χ1v) is 21.7. The molecule has 14 heteroatoms. The van der Waals surface area contributed by atoms with Crippen LogP contribution in [0.2, 0.25) is 0 Å². The Bertz CT molecular complexity index is 2000. The molecule has 0 aliphatic rings. The van der Waals surface area contributed by atoms with Gasteiger partial charge in [-0.1, -0.05) is 102 Å². The van der Waals surface area contributed by atoms with Gasteiger partial charge < -0.3 is 15.9 Å². The molecule has 0 amide bonds. The van der Waals surface area contributed by atoms with Crippen molar-refractivity contribution in [3.8, 4) is 0 Å². The standard InChI is InChI=1S/C21H28N2O5S.C21H30N2O3S.H2/c1-16(2)14-22(15-21(24)17(3)13-18-7-5-4-6-8-18)29(27,28)20-11-9-19(10-12-20)23(25)26;1-16(2)14-23(27(25,26)20-11-9-19(22)10-12-20)15-21(24)17(3)13-18-7-5-4-6-8-18;/h4-12,16-17,21,24H,13-15H2,1-3H3;4-12,16-17,21,24H,13-15,22H2,1-3H3;1H/t2*17-,21+;/m00./s1. The van der Waals surface area contributed by atoms with E-state index < -0.39 is 37.2 Å². The minimum Gasteiger partial charge on any atom is -0.399 e. The van der Waals surface area contributed by atoms with Crippen molar-refractivity contribution in [2.75, 3.05) is 31.9 Å². The van der Waals surface area contributed by atoms with Gasteiger partial charge in [0.15, 0.2) is 0 Å². The highest BCUT2D eigenvalue weighted by Gasteiger charge is 2.31. The van der Waals surface area contributed by atoms with Crippen molar-refractivity contribution in [2.24, 2.45) is 23.7 Å². The Morgan fingerprint density at radius 3 is 1.25 bits per heavy atom. The first kappa shape index (κ1) is 46.2. The van der Waals surface area contributed by atoms with Crippen LogP contribution in [0.3, 0.4) is 0 Å². The third-order valence-corrected chi connectivity index (χ3v) is 12.9. The van der Waals surface area contributed by atoms with Gasteiger partial charge in [0.05, 0.1) is 26.9 Å². The molecule has 0 heterocycles. The number of hydrogen-bond acceptors (Lipinski definition) is 9. The maximum Gasteiger partial charge on any atom is 0.269 e. The first-order valence-electron chi connectivity index (χ1n) is 18.9. The number of hydrogen-bond donors (Lipinski definition) is 3. The van der Waals surface area contributed by atoms with Crippen molar-refractivity contribution in [1.82, 2.24) is 8.61 Å². The Kier molecular flexibility index (Phi) is 17.6. The fourth-order valence-corrected chi connectivity index (χ4v) is 9.30. The molecule has 0 aliphatic carbocycles. The Morgan fingerprint density at radius 2 is 0.929 bits per heavy atom. The summed E-state index contributed by atoms with van der Waals surface area (Å²) in [4.78, 5) is 10.4. The van der Waals surface area contributed by atoms with Crippen molar-refractivity contribution in [1.29, 1.82) is 0 Å². The number of nitrogens with zero attached hydrogens (tertiary/aromatic N) is 3. The van der Waals surface area contributed by atoms with Crippen LogP contribution in [0, 0.1) is 33.8 Å². The zero-order valence-electron chi connectivity index (χ0n) is 33.2. The Hall–Kier alpha value is -4.18. The van der Waals surface area contributed by atoms with Crippen LogP contribution >= 0.6 is 0 Å². The molecule has 4 aromatic rings. The Labute approximate surface area is 334 Å². The number of nitro benzene ring substituents is 1. The van der Waals surface area contributed by atoms with E-state index in [1.54, 1.807) is 12.1 Å². The van der Waals surface area contributed by atoms with Crippen LogP contribution in [0.4, 0.5) is 11.4 Å². The van der Waals surface area contributed by atoms with Crippen LogP contribution in [0.25, 0.3) is 0 Å². The summed E-state index contributed by atoms with van der Waals surface area (Å²) in [5.41, 5.74) is 8.22. The molecule has 0 radical (unpaired) electrons. The number of aliphatic hydroxyl groups excluding tert-OH is 2. The second-order valence-electron chi connectivity index (χ2n) is 15.2. The monoisotopic (exact) mass is 812 g/mol. The summed E-state index contributed by atoms with van der Waals surface area (Å²) in [6.45, 7) is 12.2. The largest absolute Gasteiger partial charge is 0.399 e. The normalized spacial score (nSPS) is 14.3. The van der Waals surface area contributed by atoms with E-state index in [0.29, 0.717) is 25.1 Å². The second kappa shape index (κ2) is 21.4. The molecule has 0 unspecified atom stereocenters. The third-order valence-electron chi connectivity index (χ3n) is 9.24. The summed E-state index contributed by atoms with van der Waals surface area (Å²) < 4.78 is 55.0. The number of benzene rings is 4. The first-order chi connectivity index (χ1) is 26.3. The van der Waals surface area contributed by atoms with Crippen LogP contribution in [0.15, 0.2) is 119 Å². The highest BCUT2D eigenvalue weighted by molar-refractivity contribution is 7.89. The van der Waals surface area contributed by atoms with Gasteiger partial charge in [0.25, 0.3) is 5.69 Å². The van der Waals surface area contributed by atoms with Gasteiger partial charge in [0.1, 0.15) is 0 Å². The minimum atomic E-state index is -3.89. The molecule has 4 aromatic carbocycles. The van der Waals surface area contributed by atoms with E-state index in [9.17, 15) is 37.2 Å². The van der Waals surface area contributed by atoms with Gasteiger partial charge in [-0.15, -0.1) is 0 Å². The number of rotatable bonds is 19. The summed E-state index contributed by atoms with van der Waals surface area (Å²) in [6, 6.07) is 30.6. The minimum absolute atomic E-state index is 0. The summed E-state index contributed by atoms with van der Waals surface area (Å²) in [7, 11) is -7.59. The summed E-state index contributed by atoms with van der Waals surface area (Å²) >= 11 is 0. The molecule has 0 bridgehead atoms. The molecule has 0 saturated heterocycles. The third kappa shape index (κ3) is 14.1. The van der Waals surface area contributed by atoms with Gasteiger partial charge in [-0.25, -0.2) is 16.8 Å².